The second-order valence-electron chi connectivity index (χ2n) is 4.92. The molecule has 8 heteroatoms. The highest BCUT2D eigenvalue weighted by atomic mass is 32.2. The van der Waals surface area contributed by atoms with E-state index in [1.54, 1.807) is 25.7 Å². The van der Waals surface area contributed by atoms with Crippen molar-refractivity contribution >= 4 is 27.7 Å². The van der Waals surface area contributed by atoms with Gasteiger partial charge in [0, 0.05) is 36.8 Å². The minimum absolute atomic E-state index is 0.0915. The molecule has 0 aliphatic heterocycles. The number of nitrogens with one attached hydrogen (secondary N) is 3. The van der Waals surface area contributed by atoms with Crippen LogP contribution in [-0.2, 0) is 10.0 Å². The lowest BCUT2D eigenvalue weighted by molar-refractivity contribution is 0.582. The highest BCUT2D eigenvalue weighted by Gasteiger charge is 2.07. The molecule has 1 aromatic carbocycles. The Balaban J connectivity index is 2.26. The maximum absolute atomic E-state index is 11.3. The number of thioether (sulfide) groups is 1. The fraction of sp³-hybridized carbons (Fsp3) is 0.533. The van der Waals surface area contributed by atoms with Crippen LogP contribution in [-0.4, -0.2) is 52.1 Å². The van der Waals surface area contributed by atoms with E-state index in [0.29, 0.717) is 24.3 Å². The number of aliphatic imine (C=N–C) groups is 1. The van der Waals surface area contributed by atoms with Crippen LogP contribution < -0.4 is 15.4 Å². The second-order valence-corrected chi connectivity index (χ2v) is 8.53. The van der Waals surface area contributed by atoms with E-state index in [0.717, 1.165) is 6.54 Å². The highest BCUT2D eigenvalue weighted by Crippen LogP contribution is 2.21. The lowest BCUT2D eigenvalue weighted by Gasteiger charge is -2.16. The first-order valence-electron chi connectivity index (χ1n) is 7.60. The van der Waals surface area contributed by atoms with Crippen LogP contribution in [0.15, 0.2) is 40.2 Å². The predicted molar refractivity (Wildman–Crippen MR) is 98.6 cm³/mol. The SMILES string of the molecule is CCS(=O)(=O)NCCNC(=NC)NCC(C)Sc1ccccc1. The molecule has 3 N–H and O–H groups in total. The molecule has 0 radical (unpaired) electrons. The van der Waals surface area contributed by atoms with Gasteiger partial charge in [-0.1, -0.05) is 25.1 Å². The molecule has 0 heterocycles. The van der Waals surface area contributed by atoms with Gasteiger partial charge in [-0.3, -0.25) is 4.99 Å². The fourth-order valence-corrected chi connectivity index (χ4v) is 3.29. The Hall–Kier alpha value is -1.25. The molecule has 1 aromatic rings. The lowest BCUT2D eigenvalue weighted by atomic mass is 10.4. The van der Waals surface area contributed by atoms with Gasteiger partial charge in [0.2, 0.25) is 10.0 Å². The Morgan fingerprint density at radius 1 is 1.22 bits per heavy atom. The fourth-order valence-electron chi connectivity index (χ4n) is 1.72. The molecule has 0 spiro atoms. The maximum atomic E-state index is 11.3. The van der Waals surface area contributed by atoms with Crippen LogP contribution in [0, 0.1) is 0 Å². The Bertz CT molecular complexity index is 576. The first-order chi connectivity index (χ1) is 11.0. The molecule has 23 heavy (non-hydrogen) atoms. The molecule has 0 fully saturated rings. The van der Waals surface area contributed by atoms with Crippen LogP contribution in [0.3, 0.4) is 0 Å². The molecule has 6 nitrogen and oxygen atoms in total. The minimum Gasteiger partial charge on any atom is -0.355 e. The molecule has 0 aromatic heterocycles. The lowest BCUT2D eigenvalue weighted by Crippen LogP contribution is -2.43. The molecule has 130 valence electrons. The van der Waals surface area contributed by atoms with Gasteiger partial charge < -0.3 is 10.6 Å². The molecule has 1 unspecified atom stereocenters. The first-order valence-corrected chi connectivity index (χ1v) is 10.1. The van der Waals surface area contributed by atoms with E-state index in [9.17, 15) is 8.42 Å². The largest absolute Gasteiger partial charge is 0.355 e. The molecule has 0 saturated heterocycles. The van der Waals surface area contributed by atoms with Gasteiger partial charge >= 0.3 is 0 Å². The Labute approximate surface area is 143 Å². The monoisotopic (exact) mass is 358 g/mol. The maximum Gasteiger partial charge on any atom is 0.211 e. The van der Waals surface area contributed by atoms with Crippen LogP contribution in [0.25, 0.3) is 0 Å². The van der Waals surface area contributed by atoms with Crippen molar-refractivity contribution in [2.24, 2.45) is 4.99 Å². The van der Waals surface area contributed by atoms with E-state index in [4.69, 9.17) is 0 Å². The highest BCUT2D eigenvalue weighted by molar-refractivity contribution is 8.00. The van der Waals surface area contributed by atoms with Gasteiger partial charge in [-0.2, -0.15) is 0 Å². The quantitative estimate of drug-likeness (QED) is 0.268. The van der Waals surface area contributed by atoms with Gasteiger partial charge in [0.1, 0.15) is 0 Å². The molecule has 0 bridgehead atoms. The third kappa shape index (κ3) is 8.83. The van der Waals surface area contributed by atoms with Crippen molar-refractivity contribution in [2.45, 2.75) is 24.0 Å². The molecule has 1 atom stereocenters. The van der Waals surface area contributed by atoms with Crippen molar-refractivity contribution in [3.8, 4) is 0 Å². The van der Waals surface area contributed by atoms with Crippen LogP contribution in [0.4, 0.5) is 0 Å². The van der Waals surface area contributed by atoms with Crippen molar-refractivity contribution in [3.63, 3.8) is 0 Å². The molecule has 0 aliphatic rings. The summed E-state index contributed by atoms with van der Waals surface area (Å²) >= 11 is 1.79. The molecular weight excluding hydrogens is 332 g/mol. The summed E-state index contributed by atoms with van der Waals surface area (Å²) in [4.78, 5) is 5.36. The number of nitrogens with zero attached hydrogens (tertiary/aromatic N) is 1. The standard InChI is InChI=1S/C15H26N4O2S2/c1-4-23(20,21)19-11-10-17-15(16-3)18-12-13(2)22-14-8-6-5-7-9-14/h5-9,13,19H,4,10-12H2,1-3H3,(H2,16,17,18). The van der Waals surface area contributed by atoms with Gasteiger partial charge in [-0.05, 0) is 19.1 Å². The van der Waals surface area contributed by atoms with Crippen LogP contribution in [0.2, 0.25) is 0 Å². The minimum atomic E-state index is -3.14. The second kappa shape index (κ2) is 10.5. The zero-order valence-corrected chi connectivity index (χ0v) is 15.5. The van der Waals surface area contributed by atoms with Crippen molar-refractivity contribution in [2.75, 3.05) is 32.4 Å². The Morgan fingerprint density at radius 3 is 2.52 bits per heavy atom. The summed E-state index contributed by atoms with van der Waals surface area (Å²) in [6, 6.07) is 10.2. The van der Waals surface area contributed by atoms with Gasteiger partial charge in [0.25, 0.3) is 0 Å². The Kier molecular flexibility index (Phi) is 9.05. The average Bonchev–Trinajstić information content (AvgIpc) is 2.55. The van der Waals surface area contributed by atoms with E-state index in [1.165, 1.54) is 4.90 Å². The number of benzene rings is 1. The summed E-state index contributed by atoms with van der Waals surface area (Å²) in [5.41, 5.74) is 0. The van der Waals surface area contributed by atoms with E-state index >= 15 is 0 Å². The van der Waals surface area contributed by atoms with Crippen LogP contribution >= 0.6 is 11.8 Å². The molecule has 0 saturated carbocycles. The van der Waals surface area contributed by atoms with Gasteiger partial charge in [0.15, 0.2) is 5.96 Å². The van der Waals surface area contributed by atoms with Gasteiger partial charge in [0.05, 0.1) is 5.75 Å². The zero-order chi connectivity index (χ0) is 17.1. The summed E-state index contributed by atoms with van der Waals surface area (Å²) in [5.74, 6) is 0.759. The van der Waals surface area contributed by atoms with Gasteiger partial charge in [-0.25, -0.2) is 13.1 Å². The topological polar surface area (TPSA) is 82.6 Å². The zero-order valence-electron chi connectivity index (χ0n) is 13.9. The summed E-state index contributed by atoms with van der Waals surface area (Å²) in [6.07, 6.45) is 0. The average molecular weight is 359 g/mol. The molecule has 0 amide bonds. The molecule has 0 aliphatic carbocycles. The predicted octanol–water partition coefficient (Wildman–Crippen LogP) is 1.27. The third-order valence-corrected chi connectivity index (χ3v) is 5.50. The number of sulfonamides is 1. The normalized spacial score (nSPS) is 13.6. The number of hydrogen-bond donors (Lipinski definition) is 3. The van der Waals surface area contributed by atoms with E-state index < -0.39 is 10.0 Å². The van der Waals surface area contributed by atoms with Crippen LogP contribution in [0.1, 0.15) is 13.8 Å². The number of rotatable bonds is 9. The summed E-state index contributed by atoms with van der Waals surface area (Å²) in [7, 11) is -1.44. The van der Waals surface area contributed by atoms with Crippen molar-refractivity contribution in [1.29, 1.82) is 0 Å². The van der Waals surface area contributed by atoms with Gasteiger partial charge in [-0.15, -0.1) is 11.8 Å². The van der Waals surface area contributed by atoms with E-state index in [-0.39, 0.29) is 5.75 Å². The summed E-state index contributed by atoms with van der Waals surface area (Å²) in [6.45, 7) is 5.35. The number of guanidine groups is 1. The third-order valence-electron chi connectivity index (χ3n) is 2.98. The van der Waals surface area contributed by atoms with Crippen molar-refractivity contribution in [3.05, 3.63) is 30.3 Å². The molecule has 1 rings (SSSR count). The van der Waals surface area contributed by atoms with Crippen molar-refractivity contribution < 1.29 is 8.42 Å². The Morgan fingerprint density at radius 2 is 1.91 bits per heavy atom. The number of hydrogen-bond acceptors (Lipinski definition) is 4. The smallest absolute Gasteiger partial charge is 0.211 e. The van der Waals surface area contributed by atoms with E-state index in [2.05, 4.69) is 39.4 Å². The summed E-state index contributed by atoms with van der Waals surface area (Å²) in [5, 5.41) is 6.71. The molecular formula is C15H26N4O2S2. The summed E-state index contributed by atoms with van der Waals surface area (Å²) < 4.78 is 25.1. The van der Waals surface area contributed by atoms with Crippen molar-refractivity contribution in [1.82, 2.24) is 15.4 Å². The first kappa shape index (κ1) is 19.8. The van der Waals surface area contributed by atoms with Crippen LogP contribution in [0.5, 0.6) is 0 Å². The van der Waals surface area contributed by atoms with E-state index in [1.807, 2.05) is 18.2 Å².